The minimum Gasteiger partial charge on any atom is -0.403 e. The SMILES string of the molecule is CCCCCCCCC(CB1OC(C)(C)C(C)(C)O1)c1ccccc1. The summed E-state index contributed by atoms with van der Waals surface area (Å²) in [5, 5.41) is 0. The Hall–Kier alpha value is -0.795. The van der Waals surface area contributed by atoms with Crippen LogP contribution in [0.15, 0.2) is 30.3 Å². The number of hydrogen-bond donors (Lipinski definition) is 0. The van der Waals surface area contributed by atoms with Gasteiger partial charge in [-0.15, -0.1) is 0 Å². The van der Waals surface area contributed by atoms with E-state index in [0.29, 0.717) is 5.92 Å². The molecule has 1 heterocycles. The van der Waals surface area contributed by atoms with Gasteiger partial charge in [0, 0.05) is 0 Å². The van der Waals surface area contributed by atoms with Gasteiger partial charge in [0.15, 0.2) is 0 Å². The first-order valence-corrected chi connectivity index (χ1v) is 10.3. The van der Waals surface area contributed by atoms with Gasteiger partial charge in [0.1, 0.15) is 0 Å². The van der Waals surface area contributed by atoms with E-state index < -0.39 is 0 Å². The largest absolute Gasteiger partial charge is 0.458 e. The molecule has 0 spiro atoms. The molecule has 1 unspecified atom stereocenters. The molecule has 0 saturated carbocycles. The summed E-state index contributed by atoms with van der Waals surface area (Å²) in [5.74, 6) is 0.516. The summed E-state index contributed by atoms with van der Waals surface area (Å²) in [6, 6.07) is 10.9. The lowest BCUT2D eigenvalue weighted by Crippen LogP contribution is -2.41. The summed E-state index contributed by atoms with van der Waals surface area (Å²) < 4.78 is 12.5. The zero-order valence-corrected chi connectivity index (χ0v) is 17.0. The van der Waals surface area contributed by atoms with Crippen molar-refractivity contribution in [2.45, 2.75) is 103 Å². The van der Waals surface area contributed by atoms with Crippen molar-refractivity contribution in [2.75, 3.05) is 0 Å². The maximum atomic E-state index is 6.25. The summed E-state index contributed by atoms with van der Waals surface area (Å²) in [4.78, 5) is 0. The van der Waals surface area contributed by atoms with Gasteiger partial charge in [-0.3, -0.25) is 0 Å². The Kier molecular flexibility index (Phi) is 7.58. The second-order valence-corrected chi connectivity index (χ2v) is 8.59. The van der Waals surface area contributed by atoms with Crippen molar-refractivity contribution < 1.29 is 9.31 Å². The first-order valence-electron chi connectivity index (χ1n) is 10.3. The Bertz CT molecular complexity index is 482. The van der Waals surface area contributed by atoms with Gasteiger partial charge in [0.2, 0.25) is 0 Å². The van der Waals surface area contributed by atoms with E-state index in [-0.39, 0.29) is 18.3 Å². The van der Waals surface area contributed by atoms with Crippen LogP contribution in [0.5, 0.6) is 0 Å². The van der Waals surface area contributed by atoms with Gasteiger partial charge in [0.05, 0.1) is 11.2 Å². The van der Waals surface area contributed by atoms with Gasteiger partial charge in [-0.1, -0.05) is 75.8 Å². The predicted octanol–water partition coefficient (Wildman–Crippen LogP) is 6.61. The quantitative estimate of drug-likeness (QED) is 0.351. The molecule has 0 radical (unpaired) electrons. The molecule has 0 aliphatic carbocycles. The zero-order chi connectivity index (χ0) is 18.3. The van der Waals surface area contributed by atoms with Gasteiger partial charge in [-0.2, -0.15) is 0 Å². The highest BCUT2D eigenvalue weighted by Crippen LogP contribution is 2.40. The molecule has 1 fully saturated rings. The average Bonchev–Trinajstić information content (AvgIpc) is 2.77. The molecule has 2 rings (SSSR count). The zero-order valence-electron chi connectivity index (χ0n) is 17.0. The molecule has 0 aromatic heterocycles. The lowest BCUT2D eigenvalue weighted by Gasteiger charge is -2.32. The molecule has 1 aliphatic rings. The smallest absolute Gasteiger partial charge is 0.403 e. The van der Waals surface area contributed by atoms with E-state index in [4.69, 9.17) is 9.31 Å². The van der Waals surface area contributed by atoms with Crippen molar-refractivity contribution in [2.24, 2.45) is 0 Å². The molecule has 1 saturated heterocycles. The van der Waals surface area contributed by atoms with E-state index in [1.165, 1.54) is 50.5 Å². The normalized spacial score (nSPS) is 20.0. The van der Waals surface area contributed by atoms with Crippen LogP contribution in [0.1, 0.15) is 91.0 Å². The van der Waals surface area contributed by atoms with E-state index in [2.05, 4.69) is 65.0 Å². The van der Waals surface area contributed by atoms with Gasteiger partial charge in [0.25, 0.3) is 0 Å². The molecule has 25 heavy (non-hydrogen) atoms. The third-order valence-electron chi connectivity index (χ3n) is 5.96. The van der Waals surface area contributed by atoms with Crippen LogP contribution in [-0.4, -0.2) is 18.3 Å². The Morgan fingerprint density at radius 2 is 1.40 bits per heavy atom. The monoisotopic (exact) mass is 344 g/mol. The van der Waals surface area contributed by atoms with Crippen molar-refractivity contribution in [1.29, 1.82) is 0 Å². The Balaban J connectivity index is 1.92. The Morgan fingerprint density at radius 3 is 2.00 bits per heavy atom. The number of hydrogen-bond acceptors (Lipinski definition) is 2. The highest BCUT2D eigenvalue weighted by atomic mass is 16.7. The lowest BCUT2D eigenvalue weighted by atomic mass is 9.73. The van der Waals surface area contributed by atoms with Crippen molar-refractivity contribution in [1.82, 2.24) is 0 Å². The standard InChI is InChI=1S/C22H37BO2/c1-6-7-8-9-10-12-17-20(19-15-13-11-14-16-19)18-23-24-21(2,3)22(4,5)25-23/h11,13-16,20H,6-10,12,17-18H2,1-5H3. The van der Waals surface area contributed by atoms with E-state index >= 15 is 0 Å². The second kappa shape index (κ2) is 9.23. The number of unbranched alkanes of at least 4 members (excludes halogenated alkanes) is 5. The minimum atomic E-state index is -0.237. The van der Waals surface area contributed by atoms with Gasteiger partial charge in [-0.05, 0) is 51.9 Å². The third-order valence-corrected chi connectivity index (χ3v) is 5.96. The fourth-order valence-corrected chi connectivity index (χ4v) is 3.61. The third kappa shape index (κ3) is 5.86. The Labute approximate surface area is 155 Å². The fourth-order valence-electron chi connectivity index (χ4n) is 3.61. The van der Waals surface area contributed by atoms with Crippen LogP contribution in [0.25, 0.3) is 0 Å². The van der Waals surface area contributed by atoms with Crippen LogP contribution in [0, 0.1) is 0 Å². The van der Waals surface area contributed by atoms with Gasteiger partial charge in [-0.25, -0.2) is 0 Å². The van der Waals surface area contributed by atoms with E-state index in [0.717, 1.165) is 6.32 Å². The van der Waals surface area contributed by atoms with Crippen LogP contribution in [0.4, 0.5) is 0 Å². The highest BCUT2D eigenvalue weighted by molar-refractivity contribution is 6.45. The summed E-state index contributed by atoms with van der Waals surface area (Å²) >= 11 is 0. The predicted molar refractivity (Wildman–Crippen MR) is 108 cm³/mol. The molecule has 1 aromatic carbocycles. The maximum Gasteiger partial charge on any atom is 0.458 e. The lowest BCUT2D eigenvalue weighted by molar-refractivity contribution is 0.00578. The average molecular weight is 344 g/mol. The molecule has 3 heteroatoms. The summed E-state index contributed by atoms with van der Waals surface area (Å²) in [5.41, 5.74) is 0.948. The van der Waals surface area contributed by atoms with E-state index in [1.54, 1.807) is 0 Å². The summed E-state index contributed by atoms with van der Waals surface area (Å²) in [6.07, 6.45) is 10.2. The second-order valence-electron chi connectivity index (χ2n) is 8.59. The summed E-state index contributed by atoms with van der Waals surface area (Å²) in [7, 11) is -0.102. The fraction of sp³-hybridized carbons (Fsp3) is 0.727. The number of benzene rings is 1. The van der Waals surface area contributed by atoms with Crippen molar-refractivity contribution >= 4 is 7.12 Å². The molecule has 1 atom stereocenters. The molecule has 2 nitrogen and oxygen atoms in total. The van der Waals surface area contributed by atoms with Crippen molar-refractivity contribution in [3.05, 3.63) is 35.9 Å². The molecule has 0 bridgehead atoms. The van der Waals surface area contributed by atoms with E-state index in [1.807, 2.05) is 0 Å². The Morgan fingerprint density at radius 1 is 0.840 bits per heavy atom. The molecule has 0 N–H and O–H groups in total. The molecule has 1 aliphatic heterocycles. The van der Waals surface area contributed by atoms with Gasteiger partial charge < -0.3 is 9.31 Å². The van der Waals surface area contributed by atoms with E-state index in [9.17, 15) is 0 Å². The van der Waals surface area contributed by atoms with Crippen LogP contribution in [0.2, 0.25) is 6.32 Å². The van der Waals surface area contributed by atoms with Crippen LogP contribution in [-0.2, 0) is 9.31 Å². The first kappa shape index (κ1) is 20.5. The van der Waals surface area contributed by atoms with Crippen molar-refractivity contribution in [3.8, 4) is 0 Å². The maximum absolute atomic E-state index is 6.25. The minimum absolute atomic E-state index is 0.102. The molecular weight excluding hydrogens is 307 g/mol. The molecule has 140 valence electrons. The van der Waals surface area contributed by atoms with Crippen LogP contribution < -0.4 is 0 Å². The van der Waals surface area contributed by atoms with Gasteiger partial charge >= 0.3 is 7.12 Å². The van der Waals surface area contributed by atoms with Crippen LogP contribution in [0.3, 0.4) is 0 Å². The highest BCUT2D eigenvalue weighted by Gasteiger charge is 2.51. The molecular formula is C22H37BO2. The summed E-state index contributed by atoms with van der Waals surface area (Å²) in [6.45, 7) is 10.8. The van der Waals surface area contributed by atoms with Crippen LogP contribution >= 0.6 is 0 Å². The molecule has 1 aromatic rings. The first-order chi connectivity index (χ1) is 11.9. The molecule has 0 amide bonds. The van der Waals surface area contributed by atoms with Crippen molar-refractivity contribution in [3.63, 3.8) is 0 Å². The topological polar surface area (TPSA) is 18.5 Å². The number of rotatable bonds is 10.